The molecule has 0 atom stereocenters. The quantitative estimate of drug-likeness (QED) is 0.548. The fourth-order valence-electron chi connectivity index (χ4n) is 5.15. The SMILES string of the molecule is O=C1NCCOCCCCC2(CCN(C(=O)c3ccc4ccccc4n3)CC2)COc2ccccc21. The second-order valence-electron chi connectivity index (χ2n) is 9.79. The molecule has 188 valence electrons. The number of nitrogens with one attached hydrogen (secondary N) is 1. The first-order chi connectivity index (χ1) is 17.6. The van der Waals surface area contributed by atoms with Crippen LogP contribution in [0.3, 0.4) is 0 Å². The summed E-state index contributed by atoms with van der Waals surface area (Å²) < 4.78 is 12.0. The van der Waals surface area contributed by atoms with Gasteiger partial charge in [0.15, 0.2) is 0 Å². The Morgan fingerprint density at radius 1 is 0.917 bits per heavy atom. The third-order valence-corrected chi connectivity index (χ3v) is 7.37. The van der Waals surface area contributed by atoms with Gasteiger partial charge < -0.3 is 19.7 Å². The van der Waals surface area contributed by atoms with Crippen molar-refractivity contribution in [3.8, 4) is 5.75 Å². The summed E-state index contributed by atoms with van der Waals surface area (Å²) in [6.07, 6.45) is 4.71. The second-order valence-corrected chi connectivity index (χ2v) is 9.79. The predicted octanol–water partition coefficient (Wildman–Crippen LogP) is 4.47. The number of carbonyl (C=O) groups is 2. The molecule has 2 aliphatic heterocycles. The highest BCUT2D eigenvalue weighted by atomic mass is 16.5. The Labute approximate surface area is 211 Å². The first-order valence-corrected chi connectivity index (χ1v) is 12.9. The van der Waals surface area contributed by atoms with Gasteiger partial charge in [0.1, 0.15) is 11.4 Å². The number of piperidine rings is 1. The van der Waals surface area contributed by atoms with Gasteiger partial charge in [-0.3, -0.25) is 9.59 Å². The molecule has 1 N–H and O–H groups in total. The van der Waals surface area contributed by atoms with Crippen LogP contribution in [0.1, 0.15) is 53.0 Å². The van der Waals surface area contributed by atoms with Crippen LogP contribution in [-0.2, 0) is 4.74 Å². The van der Waals surface area contributed by atoms with Gasteiger partial charge in [-0.15, -0.1) is 0 Å². The molecule has 3 aromatic rings. The van der Waals surface area contributed by atoms with Crippen molar-refractivity contribution < 1.29 is 19.1 Å². The minimum Gasteiger partial charge on any atom is -0.492 e. The number of hydrogen-bond donors (Lipinski definition) is 1. The third-order valence-electron chi connectivity index (χ3n) is 7.37. The van der Waals surface area contributed by atoms with E-state index < -0.39 is 0 Å². The first kappa shape index (κ1) is 24.3. The molecule has 1 spiro atoms. The number of rotatable bonds is 1. The number of hydrogen-bond acceptors (Lipinski definition) is 5. The number of fused-ring (bicyclic) bond motifs is 2. The summed E-state index contributed by atoms with van der Waals surface area (Å²) in [5.74, 6) is 0.433. The standard InChI is InChI=1S/C29H33N3O4/c33-27-23-8-2-4-10-26(23)36-21-29(13-5-6-19-35-20-16-30-27)14-17-32(18-15-29)28(34)25-12-11-22-7-1-3-9-24(22)31-25/h1-4,7-12H,5-6,13-21H2,(H,30,33). The Balaban J connectivity index is 1.30. The van der Waals surface area contributed by atoms with E-state index in [1.165, 1.54) is 0 Å². The summed E-state index contributed by atoms with van der Waals surface area (Å²) in [4.78, 5) is 32.5. The van der Waals surface area contributed by atoms with Crippen LogP contribution in [0.2, 0.25) is 0 Å². The Morgan fingerprint density at radius 2 is 1.72 bits per heavy atom. The largest absolute Gasteiger partial charge is 0.492 e. The lowest BCUT2D eigenvalue weighted by Gasteiger charge is -2.42. The van der Waals surface area contributed by atoms with Crippen LogP contribution in [0.15, 0.2) is 60.7 Å². The van der Waals surface area contributed by atoms with E-state index in [0.717, 1.165) is 43.0 Å². The number of nitrogens with zero attached hydrogens (tertiary/aromatic N) is 2. The summed E-state index contributed by atoms with van der Waals surface area (Å²) in [5.41, 5.74) is 1.81. The Hall–Kier alpha value is -3.45. The Bertz CT molecular complexity index is 1220. The molecule has 36 heavy (non-hydrogen) atoms. The molecular formula is C29H33N3O4. The predicted molar refractivity (Wildman–Crippen MR) is 138 cm³/mol. The zero-order valence-electron chi connectivity index (χ0n) is 20.6. The molecule has 2 amide bonds. The lowest BCUT2D eigenvalue weighted by Crippen LogP contribution is -2.45. The van der Waals surface area contributed by atoms with Crippen molar-refractivity contribution in [2.45, 2.75) is 32.1 Å². The molecule has 5 rings (SSSR count). The van der Waals surface area contributed by atoms with Crippen molar-refractivity contribution in [2.24, 2.45) is 5.41 Å². The van der Waals surface area contributed by atoms with Crippen molar-refractivity contribution >= 4 is 22.7 Å². The van der Waals surface area contributed by atoms with Gasteiger partial charge in [-0.05, 0) is 49.9 Å². The van der Waals surface area contributed by atoms with E-state index in [-0.39, 0.29) is 17.2 Å². The maximum absolute atomic E-state index is 13.3. The summed E-state index contributed by atoms with van der Waals surface area (Å²) in [6.45, 7) is 3.51. The molecule has 2 aliphatic rings. The maximum atomic E-state index is 13.3. The fraction of sp³-hybridized carbons (Fsp3) is 0.414. The summed E-state index contributed by atoms with van der Waals surface area (Å²) >= 11 is 0. The molecule has 3 heterocycles. The number of aromatic nitrogens is 1. The average molecular weight is 488 g/mol. The zero-order valence-corrected chi connectivity index (χ0v) is 20.6. The molecule has 1 aromatic heterocycles. The van der Waals surface area contributed by atoms with Gasteiger partial charge in [0.05, 0.1) is 24.3 Å². The highest BCUT2D eigenvalue weighted by Crippen LogP contribution is 2.38. The zero-order chi connectivity index (χ0) is 24.8. The molecule has 0 saturated carbocycles. The van der Waals surface area contributed by atoms with Crippen LogP contribution in [0, 0.1) is 5.41 Å². The van der Waals surface area contributed by atoms with Crippen molar-refractivity contribution in [3.05, 3.63) is 71.9 Å². The molecule has 1 fully saturated rings. The van der Waals surface area contributed by atoms with Gasteiger partial charge in [-0.2, -0.15) is 0 Å². The number of amides is 2. The van der Waals surface area contributed by atoms with Crippen LogP contribution in [-0.4, -0.2) is 61.2 Å². The summed E-state index contributed by atoms with van der Waals surface area (Å²) in [7, 11) is 0. The number of pyridine rings is 1. The average Bonchev–Trinajstić information content (AvgIpc) is 2.93. The minimum absolute atomic E-state index is 0.0205. The van der Waals surface area contributed by atoms with Crippen LogP contribution in [0.25, 0.3) is 10.9 Å². The minimum atomic E-state index is -0.149. The van der Waals surface area contributed by atoms with Crippen molar-refractivity contribution in [2.75, 3.05) is 39.5 Å². The molecule has 0 bridgehead atoms. The molecule has 1 saturated heterocycles. The van der Waals surface area contributed by atoms with E-state index in [9.17, 15) is 9.59 Å². The normalized spacial score (nSPS) is 19.1. The van der Waals surface area contributed by atoms with Gasteiger partial charge in [-0.1, -0.05) is 42.8 Å². The number of carbonyl (C=O) groups excluding carboxylic acids is 2. The number of likely N-dealkylation sites (tertiary alicyclic amines) is 1. The van der Waals surface area contributed by atoms with Gasteiger partial charge in [0.2, 0.25) is 0 Å². The lowest BCUT2D eigenvalue weighted by molar-refractivity contribution is 0.0338. The second kappa shape index (κ2) is 11.1. The van der Waals surface area contributed by atoms with E-state index >= 15 is 0 Å². The van der Waals surface area contributed by atoms with E-state index in [1.807, 2.05) is 59.5 Å². The highest BCUT2D eigenvalue weighted by Gasteiger charge is 2.37. The number of ether oxygens (including phenoxy) is 2. The topological polar surface area (TPSA) is 80.8 Å². The molecule has 7 nitrogen and oxygen atoms in total. The third kappa shape index (κ3) is 5.51. The number of benzene rings is 2. The molecule has 0 radical (unpaired) electrons. The van der Waals surface area contributed by atoms with Gasteiger partial charge in [-0.25, -0.2) is 4.98 Å². The smallest absolute Gasteiger partial charge is 0.272 e. The Kier molecular flexibility index (Phi) is 7.47. The monoisotopic (exact) mass is 487 g/mol. The van der Waals surface area contributed by atoms with Gasteiger partial charge >= 0.3 is 0 Å². The van der Waals surface area contributed by atoms with E-state index in [2.05, 4.69) is 10.3 Å². The van der Waals surface area contributed by atoms with E-state index in [4.69, 9.17) is 9.47 Å². The molecular weight excluding hydrogens is 454 g/mol. The molecule has 0 aliphatic carbocycles. The molecule has 2 aromatic carbocycles. The number of para-hydroxylation sites is 2. The van der Waals surface area contributed by atoms with Crippen LogP contribution < -0.4 is 10.1 Å². The first-order valence-electron chi connectivity index (χ1n) is 12.9. The van der Waals surface area contributed by atoms with Crippen LogP contribution in [0.5, 0.6) is 5.75 Å². The summed E-state index contributed by atoms with van der Waals surface area (Å²) in [5, 5.41) is 3.94. The Morgan fingerprint density at radius 3 is 2.61 bits per heavy atom. The van der Waals surface area contributed by atoms with Crippen LogP contribution in [0.4, 0.5) is 0 Å². The van der Waals surface area contributed by atoms with Crippen molar-refractivity contribution in [1.82, 2.24) is 15.2 Å². The van der Waals surface area contributed by atoms with Gasteiger partial charge in [0.25, 0.3) is 11.8 Å². The van der Waals surface area contributed by atoms with E-state index in [0.29, 0.717) is 56.5 Å². The van der Waals surface area contributed by atoms with Gasteiger partial charge in [0, 0.05) is 37.0 Å². The molecule has 0 unspecified atom stereocenters. The van der Waals surface area contributed by atoms with E-state index in [1.54, 1.807) is 6.07 Å². The lowest BCUT2D eigenvalue weighted by atomic mass is 9.75. The van der Waals surface area contributed by atoms with Crippen molar-refractivity contribution in [1.29, 1.82) is 0 Å². The van der Waals surface area contributed by atoms with Crippen LogP contribution >= 0.6 is 0 Å². The highest BCUT2D eigenvalue weighted by molar-refractivity contribution is 5.97. The maximum Gasteiger partial charge on any atom is 0.272 e. The van der Waals surface area contributed by atoms with Crippen molar-refractivity contribution in [3.63, 3.8) is 0 Å². The molecule has 7 heteroatoms. The summed E-state index contributed by atoms with van der Waals surface area (Å²) in [6, 6.07) is 19.0. The fourth-order valence-corrected chi connectivity index (χ4v) is 5.15.